The molecule has 5 nitrogen and oxygen atoms in total. The highest BCUT2D eigenvalue weighted by Crippen LogP contribution is 2.40. The Morgan fingerprint density at radius 1 is 1.40 bits per heavy atom. The van der Waals surface area contributed by atoms with E-state index in [-0.39, 0.29) is 24.4 Å². The predicted octanol–water partition coefficient (Wildman–Crippen LogP) is 2.21. The number of alkyl halides is 1. The van der Waals surface area contributed by atoms with Crippen LogP contribution in [-0.2, 0) is 4.79 Å². The van der Waals surface area contributed by atoms with Crippen LogP contribution in [0.3, 0.4) is 0 Å². The molecule has 1 fully saturated rings. The molecule has 0 N–H and O–H groups in total. The molecule has 6 heteroatoms. The van der Waals surface area contributed by atoms with Crippen LogP contribution >= 0.6 is 11.6 Å². The lowest BCUT2D eigenvalue weighted by Crippen LogP contribution is -2.26. The number of nitrogens with zero attached hydrogens (tertiary/aromatic N) is 1. The van der Waals surface area contributed by atoms with E-state index in [1.807, 2.05) is 0 Å². The fraction of sp³-hybridized carbons (Fsp3) is 0.429. The lowest BCUT2D eigenvalue weighted by Gasteiger charge is -2.19. The lowest BCUT2D eigenvalue weighted by atomic mass is 10.1. The van der Waals surface area contributed by atoms with Gasteiger partial charge in [0.05, 0.1) is 5.69 Å². The highest BCUT2D eigenvalue weighted by atomic mass is 35.5. The van der Waals surface area contributed by atoms with Gasteiger partial charge in [-0.1, -0.05) is 0 Å². The van der Waals surface area contributed by atoms with Gasteiger partial charge in [-0.3, -0.25) is 9.59 Å². The van der Waals surface area contributed by atoms with Crippen LogP contribution in [0.25, 0.3) is 0 Å². The molecular formula is C14H14ClNO4. The molecule has 0 saturated carbocycles. The summed E-state index contributed by atoms with van der Waals surface area (Å²) in [4.78, 5) is 25.5. The molecule has 20 heavy (non-hydrogen) atoms. The Morgan fingerprint density at radius 2 is 2.10 bits per heavy atom. The van der Waals surface area contributed by atoms with Gasteiger partial charge in [-0.2, -0.15) is 0 Å². The van der Waals surface area contributed by atoms with Crippen molar-refractivity contribution >= 4 is 29.0 Å². The second-order valence-corrected chi connectivity index (χ2v) is 5.32. The van der Waals surface area contributed by atoms with Gasteiger partial charge in [0.15, 0.2) is 17.3 Å². The maximum Gasteiger partial charge on any atom is 0.231 e. The van der Waals surface area contributed by atoms with E-state index < -0.39 is 0 Å². The molecule has 1 saturated heterocycles. The molecule has 2 heterocycles. The molecule has 2 aliphatic heterocycles. The zero-order valence-corrected chi connectivity index (χ0v) is 11.8. The minimum absolute atomic E-state index is 0.0167. The molecular weight excluding hydrogens is 282 g/mol. The molecule has 1 amide bonds. The van der Waals surface area contributed by atoms with Crippen LogP contribution in [0.2, 0.25) is 0 Å². The number of halogens is 1. The fourth-order valence-corrected chi connectivity index (χ4v) is 2.76. The lowest BCUT2D eigenvalue weighted by molar-refractivity contribution is -0.117. The zero-order chi connectivity index (χ0) is 14.3. The van der Waals surface area contributed by atoms with Crippen molar-refractivity contribution in [1.29, 1.82) is 0 Å². The van der Waals surface area contributed by atoms with E-state index >= 15 is 0 Å². The third-order valence-electron chi connectivity index (χ3n) is 3.58. The molecule has 1 unspecified atom stereocenters. The number of carbonyl (C=O) groups is 2. The molecule has 3 rings (SSSR count). The first-order chi connectivity index (χ1) is 9.60. The first-order valence-electron chi connectivity index (χ1n) is 6.41. The molecule has 106 valence electrons. The SMILES string of the molecule is CC(=O)c1cc2c(cc1N1CC(CCl)CC1=O)OCO2. The average Bonchev–Trinajstić information content (AvgIpc) is 3.02. The number of anilines is 1. The van der Waals surface area contributed by atoms with Crippen LogP contribution < -0.4 is 14.4 Å². The van der Waals surface area contributed by atoms with Gasteiger partial charge in [0.25, 0.3) is 0 Å². The van der Waals surface area contributed by atoms with Gasteiger partial charge in [0.2, 0.25) is 12.7 Å². The van der Waals surface area contributed by atoms with Crippen molar-refractivity contribution in [3.05, 3.63) is 17.7 Å². The maximum absolute atomic E-state index is 12.1. The predicted molar refractivity (Wildman–Crippen MR) is 73.7 cm³/mol. The largest absolute Gasteiger partial charge is 0.454 e. The second-order valence-electron chi connectivity index (χ2n) is 5.01. The van der Waals surface area contributed by atoms with Gasteiger partial charge in [-0.15, -0.1) is 11.6 Å². The zero-order valence-electron chi connectivity index (χ0n) is 11.0. The average molecular weight is 296 g/mol. The van der Waals surface area contributed by atoms with Crippen molar-refractivity contribution in [2.24, 2.45) is 5.92 Å². The van der Waals surface area contributed by atoms with Gasteiger partial charge < -0.3 is 14.4 Å². The van der Waals surface area contributed by atoms with Crippen LogP contribution in [0.15, 0.2) is 12.1 Å². The summed E-state index contributed by atoms with van der Waals surface area (Å²) in [6.07, 6.45) is 0.412. The summed E-state index contributed by atoms with van der Waals surface area (Å²) < 4.78 is 10.6. The van der Waals surface area contributed by atoms with E-state index in [2.05, 4.69) is 0 Å². The van der Waals surface area contributed by atoms with Crippen LogP contribution in [0.1, 0.15) is 23.7 Å². The number of carbonyl (C=O) groups excluding carboxylic acids is 2. The number of fused-ring (bicyclic) bond motifs is 1. The van der Waals surface area contributed by atoms with Crippen LogP contribution in [0, 0.1) is 5.92 Å². The highest BCUT2D eigenvalue weighted by Gasteiger charge is 2.33. The van der Waals surface area contributed by atoms with Crippen LogP contribution in [0.5, 0.6) is 11.5 Å². The Kier molecular flexibility index (Phi) is 3.30. The second kappa shape index (κ2) is 4.98. The van der Waals surface area contributed by atoms with E-state index in [9.17, 15) is 9.59 Å². The molecule has 2 aliphatic rings. The molecule has 1 atom stereocenters. The van der Waals surface area contributed by atoms with Crippen molar-refractivity contribution in [3.8, 4) is 11.5 Å². The highest BCUT2D eigenvalue weighted by molar-refractivity contribution is 6.18. The Morgan fingerprint density at radius 3 is 2.70 bits per heavy atom. The van der Waals surface area contributed by atoms with Gasteiger partial charge in [0, 0.05) is 30.5 Å². The molecule has 0 radical (unpaired) electrons. The van der Waals surface area contributed by atoms with E-state index in [1.54, 1.807) is 17.0 Å². The van der Waals surface area contributed by atoms with Gasteiger partial charge >= 0.3 is 0 Å². The van der Waals surface area contributed by atoms with Crippen LogP contribution in [-0.4, -0.2) is 30.9 Å². The quantitative estimate of drug-likeness (QED) is 0.634. The Labute approximate surface area is 121 Å². The number of hydrogen-bond donors (Lipinski definition) is 0. The van der Waals surface area contributed by atoms with Crippen molar-refractivity contribution in [2.45, 2.75) is 13.3 Å². The summed E-state index contributed by atoms with van der Waals surface area (Å²) in [5.74, 6) is 1.53. The summed E-state index contributed by atoms with van der Waals surface area (Å²) >= 11 is 5.83. The number of hydrogen-bond acceptors (Lipinski definition) is 4. The number of rotatable bonds is 3. The number of amides is 1. The molecule has 1 aromatic rings. The summed E-state index contributed by atoms with van der Waals surface area (Å²) in [6, 6.07) is 3.34. The Balaban J connectivity index is 2.04. The summed E-state index contributed by atoms with van der Waals surface area (Å²) in [7, 11) is 0. The summed E-state index contributed by atoms with van der Waals surface area (Å²) in [5.41, 5.74) is 1.05. The summed E-state index contributed by atoms with van der Waals surface area (Å²) in [5, 5.41) is 0. The number of Topliss-reactive ketones (excluding diaryl/α,β-unsaturated/α-hetero) is 1. The molecule has 0 aromatic heterocycles. The minimum atomic E-state index is -0.111. The first kappa shape index (κ1) is 13.2. The number of ketones is 1. The van der Waals surface area contributed by atoms with Gasteiger partial charge in [0.1, 0.15) is 0 Å². The standard InChI is InChI=1S/C14H14ClNO4/c1-8(17)10-3-12-13(20-7-19-12)4-11(10)16-6-9(5-15)2-14(16)18/h3-4,9H,2,5-7H2,1H3. The van der Waals surface area contributed by atoms with Crippen molar-refractivity contribution in [1.82, 2.24) is 0 Å². The van der Waals surface area contributed by atoms with E-state index in [0.717, 1.165) is 0 Å². The van der Waals surface area contributed by atoms with E-state index in [4.69, 9.17) is 21.1 Å². The van der Waals surface area contributed by atoms with Gasteiger partial charge in [-0.25, -0.2) is 0 Å². The number of ether oxygens (including phenoxy) is 2. The molecule has 0 bridgehead atoms. The Hall–Kier alpha value is -1.75. The maximum atomic E-state index is 12.1. The van der Waals surface area contributed by atoms with Crippen molar-refractivity contribution in [2.75, 3.05) is 24.1 Å². The first-order valence-corrected chi connectivity index (χ1v) is 6.94. The fourth-order valence-electron chi connectivity index (χ4n) is 2.55. The minimum Gasteiger partial charge on any atom is -0.454 e. The third-order valence-corrected chi connectivity index (χ3v) is 4.02. The van der Waals surface area contributed by atoms with Gasteiger partial charge in [-0.05, 0) is 18.9 Å². The molecule has 0 spiro atoms. The van der Waals surface area contributed by atoms with E-state index in [1.165, 1.54) is 6.92 Å². The molecule has 0 aliphatic carbocycles. The van der Waals surface area contributed by atoms with Crippen molar-refractivity contribution in [3.63, 3.8) is 0 Å². The summed E-state index contributed by atoms with van der Waals surface area (Å²) in [6.45, 7) is 2.14. The Bertz CT molecular complexity index is 587. The number of benzene rings is 1. The van der Waals surface area contributed by atoms with Crippen LogP contribution in [0.4, 0.5) is 5.69 Å². The third kappa shape index (κ3) is 2.12. The van der Waals surface area contributed by atoms with Crippen molar-refractivity contribution < 1.29 is 19.1 Å². The topological polar surface area (TPSA) is 55.8 Å². The smallest absolute Gasteiger partial charge is 0.231 e. The van der Waals surface area contributed by atoms with E-state index in [0.29, 0.717) is 41.6 Å². The molecule has 1 aromatic carbocycles. The normalized spacial score (nSPS) is 20.6. The monoisotopic (exact) mass is 295 g/mol.